The smallest absolute Gasteiger partial charge is 0.269 e. The van der Waals surface area contributed by atoms with Crippen LogP contribution in [-0.2, 0) is 16.0 Å². The summed E-state index contributed by atoms with van der Waals surface area (Å²) in [5.74, 6) is -0.322. The molecule has 1 N–H and O–H groups in total. The highest BCUT2D eigenvalue weighted by Gasteiger charge is 2.23. The number of nitrogens with zero attached hydrogens (tertiary/aromatic N) is 3. The lowest BCUT2D eigenvalue weighted by atomic mass is 10.0. The van der Waals surface area contributed by atoms with Crippen LogP contribution in [0.5, 0.6) is 0 Å². The van der Waals surface area contributed by atoms with E-state index in [1.165, 1.54) is 7.11 Å². The van der Waals surface area contributed by atoms with E-state index in [1.807, 2.05) is 18.2 Å². The van der Waals surface area contributed by atoms with Crippen molar-refractivity contribution >= 4 is 34.7 Å². The molecule has 0 fully saturated rings. The van der Waals surface area contributed by atoms with Gasteiger partial charge in [0, 0.05) is 25.0 Å². The van der Waals surface area contributed by atoms with E-state index in [1.54, 1.807) is 11.8 Å². The molecule has 24 heavy (non-hydrogen) atoms. The SMILES string of the molecule is COCC(=O)N1CCCc2ccc(NC(=O)c3snnc3C)cc21. The number of fused-ring (bicyclic) bond motifs is 1. The molecule has 0 unspecified atom stereocenters. The van der Waals surface area contributed by atoms with Crippen molar-refractivity contribution in [2.75, 3.05) is 30.5 Å². The van der Waals surface area contributed by atoms with Crippen molar-refractivity contribution in [3.8, 4) is 0 Å². The minimum Gasteiger partial charge on any atom is -0.375 e. The molecule has 0 saturated carbocycles. The zero-order chi connectivity index (χ0) is 17.1. The third-order valence-electron chi connectivity index (χ3n) is 3.89. The predicted molar refractivity (Wildman–Crippen MR) is 91.6 cm³/mol. The second-order valence-corrected chi connectivity index (χ2v) is 6.32. The Labute approximate surface area is 143 Å². The number of carbonyl (C=O) groups excluding carboxylic acids is 2. The lowest BCUT2D eigenvalue weighted by Gasteiger charge is -2.29. The van der Waals surface area contributed by atoms with Gasteiger partial charge in [0.05, 0.1) is 5.69 Å². The van der Waals surface area contributed by atoms with Crippen molar-refractivity contribution in [3.05, 3.63) is 34.3 Å². The molecule has 0 bridgehead atoms. The number of anilines is 2. The fraction of sp³-hybridized carbons (Fsp3) is 0.375. The van der Waals surface area contributed by atoms with E-state index < -0.39 is 0 Å². The summed E-state index contributed by atoms with van der Waals surface area (Å²) >= 11 is 1.06. The Morgan fingerprint density at radius 3 is 2.96 bits per heavy atom. The maximum absolute atomic E-state index is 12.3. The first-order valence-corrected chi connectivity index (χ1v) is 8.40. The minimum atomic E-state index is -0.243. The number of ether oxygens (including phenoxy) is 1. The fourth-order valence-electron chi connectivity index (χ4n) is 2.74. The first-order valence-electron chi connectivity index (χ1n) is 7.62. The molecule has 0 atom stereocenters. The Balaban J connectivity index is 1.84. The second-order valence-electron chi connectivity index (χ2n) is 5.57. The standard InChI is InChI=1S/C16H18N4O3S/c1-10-15(24-19-18-10)16(22)17-12-6-5-11-4-3-7-20(13(11)8-12)14(21)9-23-2/h5-6,8H,3-4,7,9H2,1-2H3,(H,17,22). The van der Waals surface area contributed by atoms with Gasteiger partial charge in [0.2, 0.25) is 0 Å². The summed E-state index contributed by atoms with van der Waals surface area (Å²) in [6, 6.07) is 5.64. The molecule has 0 spiro atoms. The van der Waals surface area contributed by atoms with Crippen LogP contribution in [-0.4, -0.2) is 41.7 Å². The molecule has 0 aliphatic carbocycles. The number of aryl methyl sites for hydroxylation is 2. The molecule has 2 aromatic rings. The highest BCUT2D eigenvalue weighted by Crippen LogP contribution is 2.30. The minimum absolute atomic E-state index is 0.0434. The Morgan fingerprint density at radius 2 is 2.25 bits per heavy atom. The Hall–Kier alpha value is -2.32. The Morgan fingerprint density at radius 1 is 1.42 bits per heavy atom. The number of methoxy groups -OCH3 is 1. The van der Waals surface area contributed by atoms with Crippen LogP contribution < -0.4 is 10.2 Å². The van der Waals surface area contributed by atoms with Crippen molar-refractivity contribution in [1.29, 1.82) is 0 Å². The molecule has 7 nitrogen and oxygen atoms in total. The van der Waals surface area contributed by atoms with E-state index in [9.17, 15) is 9.59 Å². The van der Waals surface area contributed by atoms with Crippen LogP contribution >= 0.6 is 11.5 Å². The third-order valence-corrected chi connectivity index (χ3v) is 4.72. The number of carbonyl (C=O) groups is 2. The molecule has 8 heteroatoms. The van der Waals surface area contributed by atoms with Gasteiger partial charge < -0.3 is 15.0 Å². The van der Waals surface area contributed by atoms with Crippen molar-refractivity contribution in [1.82, 2.24) is 9.59 Å². The molecule has 3 rings (SSSR count). The number of amides is 2. The molecule has 0 saturated heterocycles. The normalized spacial score (nSPS) is 13.5. The summed E-state index contributed by atoms with van der Waals surface area (Å²) in [5, 5.41) is 6.70. The average Bonchev–Trinajstić information content (AvgIpc) is 3.00. The lowest BCUT2D eigenvalue weighted by molar-refractivity contribution is -0.122. The van der Waals surface area contributed by atoms with Crippen LogP contribution in [0.15, 0.2) is 18.2 Å². The van der Waals surface area contributed by atoms with Crippen molar-refractivity contribution < 1.29 is 14.3 Å². The van der Waals surface area contributed by atoms with Crippen LogP contribution in [0.25, 0.3) is 0 Å². The molecular formula is C16H18N4O3S. The van der Waals surface area contributed by atoms with Crippen LogP contribution in [0.3, 0.4) is 0 Å². The summed E-state index contributed by atoms with van der Waals surface area (Å²) in [4.78, 5) is 26.7. The van der Waals surface area contributed by atoms with Crippen molar-refractivity contribution in [2.24, 2.45) is 0 Å². The molecule has 1 aliphatic heterocycles. The maximum atomic E-state index is 12.3. The van der Waals surface area contributed by atoms with Gasteiger partial charge in [-0.3, -0.25) is 9.59 Å². The van der Waals surface area contributed by atoms with Gasteiger partial charge in [-0.15, -0.1) is 5.10 Å². The monoisotopic (exact) mass is 346 g/mol. The maximum Gasteiger partial charge on any atom is 0.269 e. The van der Waals surface area contributed by atoms with Crippen LogP contribution in [0.2, 0.25) is 0 Å². The van der Waals surface area contributed by atoms with Crippen LogP contribution in [0, 0.1) is 6.92 Å². The second kappa shape index (κ2) is 7.06. The number of hydrogen-bond donors (Lipinski definition) is 1. The van der Waals surface area contributed by atoms with Gasteiger partial charge in [0.1, 0.15) is 11.5 Å². The highest BCUT2D eigenvalue weighted by atomic mass is 32.1. The molecule has 0 radical (unpaired) electrons. The molecule has 2 amide bonds. The molecule has 1 aliphatic rings. The molecule has 1 aromatic carbocycles. The van der Waals surface area contributed by atoms with Gasteiger partial charge in [-0.1, -0.05) is 10.6 Å². The number of aromatic nitrogens is 2. The van der Waals surface area contributed by atoms with Crippen LogP contribution in [0.1, 0.15) is 27.3 Å². The summed E-state index contributed by atoms with van der Waals surface area (Å²) < 4.78 is 8.73. The fourth-order valence-corrected chi connectivity index (χ4v) is 3.29. The summed E-state index contributed by atoms with van der Waals surface area (Å²) in [5.41, 5.74) is 3.18. The predicted octanol–water partition coefficient (Wildman–Crippen LogP) is 2.02. The number of hydrogen-bond acceptors (Lipinski definition) is 6. The number of benzene rings is 1. The van der Waals surface area contributed by atoms with Gasteiger partial charge in [-0.25, -0.2) is 0 Å². The molecular weight excluding hydrogens is 328 g/mol. The quantitative estimate of drug-likeness (QED) is 0.916. The van der Waals surface area contributed by atoms with E-state index >= 15 is 0 Å². The van der Waals surface area contributed by atoms with E-state index in [0.717, 1.165) is 35.6 Å². The molecule has 2 heterocycles. The van der Waals surface area contributed by atoms with Gasteiger partial charge >= 0.3 is 0 Å². The zero-order valence-corrected chi connectivity index (χ0v) is 14.4. The van der Waals surface area contributed by atoms with Gasteiger partial charge in [0.25, 0.3) is 11.8 Å². The summed E-state index contributed by atoms with van der Waals surface area (Å²) in [6.07, 6.45) is 1.83. The highest BCUT2D eigenvalue weighted by molar-refractivity contribution is 7.08. The third kappa shape index (κ3) is 3.29. The van der Waals surface area contributed by atoms with E-state index in [4.69, 9.17) is 4.74 Å². The lowest BCUT2D eigenvalue weighted by Crippen LogP contribution is -2.37. The zero-order valence-electron chi connectivity index (χ0n) is 13.5. The first kappa shape index (κ1) is 16.5. The van der Waals surface area contributed by atoms with Crippen molar-refractivity contribution in [2.45, 2.75) is 19.8 Å². The van der Waals surface area contributed by atoms with Crippen molar-refractivity contribution in [3.63, 3.8) is 0 Å². The molecule has 126 valence electrons. The van der Waals surface area contributed by atoms with Gasteiger partial charge in [-0.2, -0.15) is 0 Å². The summed E-state index contributed by atoms with van der Waals surface area (Å²) in [6.45, 7) is 2.45. The first-order chi connectivity index (χ1) is 11.6. The van der Waals surface area contributed by atoms with E-state index in [-0.39, 0.29) is 18.4 Å². The average molecular weight is 346 g/mol. The van der Waals surface area contributed by atoms with E-state index in [2.05, 4.69) is 14.9 Å². The summed E-state index contributed by atoms with van der Waals surface area (Å²) in [7, 11) is 1.50. The molecule has 1 aromatic heterocycles. The van der Waals surface area contributed by atoms with E-state index in [0.29, 0.717) is 22.8 Å². The largest absolute Gasteiger partial charge is 0.375 e. The van der Waals surface area contributed by atoms with Gasteiger partial charge in [-0.05, 0) is 49.0 Å². The van der Waals surface area contributed by atoms with Crippen LogP contribution in [0.4, 0.5) is 11.4 Å². The Kier molecular flexibility index (Phi) is 4.86. The Bertz CT molecular complexity index is 774. The number of nitrogens with one attached hydrogen (secondary N) is 1. The number of rotatable bonds is 4. The topological polar surface area (TPSA) is 84.4 Å². The van der Waals surface area contributed by atoms with Gasteiger partial charge in [0.15, 0.2) is 0 Å².